The van der Waals surface area contributed by atoms with E-state index in [1.165, 1.54) is 28.8 Å². The molecule has 3 aromatic carbocycles. The van der Waals surface area contributed by atoms with E-state index in [9.17, 15) is 14.0 Å². The average Bonchev–Trinajstić information content (AvgIpc) is 3.17. The summed E-state index contributed by atoms with van der Waals surface area (Å²) in [6.07, 6.45) is 0. The van der Waals surface area contributed by atoms with Crippen LogP contribution in [-0.4, -0.2) is 17.1 Å². The lowest BCUT2D eigenvalue weighted by atomic mass is 10.0. The summed E-state index contributed by atoms with van der Waals surface area (Å²) in [4.78, 5) is 29.2. The number of carbonyl (C=O) groups is 2. The largest absolute Gasteiger partial charge is 0.304 e. The number of benzene rings is 3. The van der Waals surface area contributed by atoms with Crippen LogP contribution in [0.5, 0.6) is 0 Å². The van der Waals surface area contributed by atoms with Crippen molar-refractivity contribution in [2.24, 2.45) is 0 Å². The Morgan fingerprint density at radius 2 is 1.68 bits per heavy atom. The number of amides is 2. The minimum absolute atomic E-state index is 0.181. The van der Waals surface area contributed by atoms with Gasteiger partial charge >= 0.3 is 0 Å². The van der Waals surface area contributed by atoms with Gasteiger partial charge < -0.3 is 4.90 Å². The van der Waals surface area contributed by atoms with Crippen LogP contribution in [0.15, 0.2) is 72.8 Å². The van der Waals surface area contributed by atoms with Gasteiger partial charge in [-0.25, -0.2) is 4.39 Å². The first kappa shape index (κ1) is 20.1. The van der Waals surface area contributed by atoms with E-state index in [0.29, 0.717) is 10.7 Å². The molecular formula is C24H18ClFN2O2S. The molecule has 2 amide bonds. The highest BCUT2D eigenvalue weighted by Crippen LogP contribution is 2.58. The Morgan fingerprint density at radius 1 is 1.00 bits per heavy atom. The van der Waals surface area contributed by atoms with Crippen LogP contribution in [0.3, 0.4) is 0 Å². The summed E-state index contributed by atoms with van der Waals surface area (Å²) >= 11 is 7.69. The first-order valence-electron chi connectivity index (χ1n) is 9.86. The number of carbonyl (C=O) groups excluding carboxylic acids is 2. The second kappa shape index (κ2) is 7.39. The molecule has 0 N–H and O–H groups in total. The molecule has 7 heteroatoms. The van der Waals surface area contributed by atoms with Gasteiger partial charge in [-0.05, 0) is 48.9 Å². The summed E-state index contributed by atoms with van der Waals surface area (Å²) < 4.78 is 13.6. The number of hydrogen-bond acceptors (Lipinski definition) is 3. The lowest BCUT2D eigenvalue weighted by molar-refractivity contribution is -0.124. The standard InChI is InChI=1S/C24H18ClFN2O2S/c1-15-22(29)28(18-12-10-17(26)11-13-18)24(31-15)19-7-3-5-9-21(19)27(23(24)30)14-16-6-2-4-8-20(16)25/h2-13,15H,14H2,1H3/t15-,24-/m0/s1. The summed E-state index contributed by atoms with van der Waals surface area (Å²) in [5.41, 5.74) is 2.80. The molecule has 156 valence electrons. The summed E-state index contributed by atoms with van der Waals surface area (Å²) in [5, 5.41) is 0.148. The van der Waals surface area contributed by atoms with E-state index < -0.39 is 15.9 Å². The maximum Gasteiger partial charge on any atom is 0.269 e. The first-order chi connectivity index (χ1) is 14.9. The zero-order valence-electron chi connectivity index (χ0n) is 16.6. The number of rotatable bonds is 3. The summed E-state index contributed by atoms with van der Waals surface area (Å²) in [7, 11) is 0. The van der Waals surface area contributed by atoms with Crippen LogP contribution in [0.4, 0.5) is 15.8 Å². The van der Waals surface area contributed by atoms with Gasteiger partial charge in [-0.2, -0.15) is 0 Å². The molecule has 31 heavy (non-hydrogen) atoms. The molecule has 0 saturated carbocycles. The van der Waals surface area contributed by atoms with Crippen molar-refractivity contribution in [3.8, 4) is 0 Å². The van der Waals surface area contributed by atoms with Crippen molar-refractivity contribution < 1.29 is 14.0 Å². The number of fused-ring (bicyclic) bond motifs is 2. The molecule has 2 aliphatic rings. The maximum absolute atomic E-state index is 14.0. The fourth-order valence-electron chi connectivity index (χ4n) is 4.28. The van der Waals surface area contributed by atoms with Crippen LogP contribution in [0.25, 0.3) is 0 Å². The lowest BCUT2D eigenvalue weighted by Gasteiger charge is -2.33. The highest BCUT2D eigenvalue weighted by Gasteiger charge is 2.63. The lowest BCUT2D eigenvalue weighted by Crippen LogP contribution is -2.49. The van der Waals surface area contributed by atoms with Crippen molar-refractivity contribution >= 4 is 46.6 Å². The topological polar surface area (TPSA) is 40.6 Å². The fraction of sp³-hybridized carbons (Fsp3) is 0.167. The van der Waals surface area contributed by atoms with E-state index in [1.54, 1.807) is 30.0 Å². The van der Waals surface area contributed by atoms with Crippen LogP contribution >= 0.6 is 23.4 Å². The van der Waals surface area contributed by atoms with Gasteiger partial charge in [-0.15, -0.1) is 11.8 Å². The van der Waals surface area contributed by atoms with Crippen LogP contribution in [-0.2, 0) is 21.0 Å². The van der Waals surface area contributed by atoms with E-state index in [2.05, 4.69) is 0 Å². The third-order valence-electron chi connectivity index (χ3n) is 5.70. The highest BCUT2D eigenvalue weighted by molar-refractivity contribution is 8.03. The molecule has 2 aliphatic heterocycles. The molecule has 1 spiro atoms. The summed E-state index contributed by atoms with van der Waals surface area (Å²) in [6.45, 7) is 2.09. The Bertz CT molecular complexity index is 1200. The SMILES string of the molecule is C[C@@H]1S[C@@]2(C(=O)N(Cc3ccccc3Cl)c3ccccc32)N(c2ccc(F)cc2)C1=O. The van der Waals surface area contributed by atoms with Crippen molar-refractivity contribution in [2.75, 3.05) is 9.80 Å². The van der Waals surface area contributed by atoms with Crippen molar-refractivity contribution in [2.45, 2.75) is 23.6 Å². The zero-order valence-corrected chi connectivity index (χ0v) is 18.2. The molecule has 4 nitrogen and oxygen atoms in total. The van der Waals surface area contributed by atoms with E-state index in [1.807, 2.05) is 42.5 Å². The molecular weight excluding hydrogens is 435 g/mol. The van der Waals surface area contributed by atoms with E-state index in [4.69, 9.17) is 11.6 Å². The monoisotopic (exact) mass is 452 g/mol. The van der Waals surface area contributed by atoms with E-state index in [0.717, 1.165) is 16.8 Å². The van der Waals surface area contributed by atoms with Gasteiger partial charge in [0.15, 0.2) is 0 Å². The third kappa shape index (κ3) is 2.97. The molecule has 5 rings (SSSR count). The van der Waals surface area contributed by atoms with Gasteiger partial charge in [0, 0.05) is 16.3 Å². The fourth-order valence-corrected chi connectivity index (χ4v) is 6.01. The number of hydrogen-bond donors (Lipinski definition) is 0. The van der Waals surface area contributed by atoms with E-state index >= 15 is 0 Å². The Kier molecular flexibility index (Phi) is 4.79. The first-order valence-corrected chi connectivity index (χ1v) is 11.1. The number of thioether (sulfide) groups is 1. The molecule has 2 atom stereocenters. The van der Waals surface area contributed by atoms with Crippen LogP contribution in [0.2, 0.25) is 5.02 Å². The average molecular weight is 453 g/mol. The predicted molar refractivity (Wildman–Crippen MR) is 122 cm³/mol. The van der Waals surface area contributed by atoms with Crippen molar-refractivity contribution in [3.63, 3.8) is 0 Å². The smallest absolute Gasteiger partial charge is 0.269 e. The van der Waals surface area contributed by atoms with Gasteiger partial charge in [0.25, 0.3) is 5.91 Å². The predicted octanol–water partition coefficient (Wildman–Crippen LogP) is 5.35. The molecule has 1 saturated heterocycles. The van der Waals surface area contributed by atoms with E-state index in [-0.39, 0.29) is 18.4 Å². The molecule has 0 unspecified atom stereocenters. The minimum atomic E-state index is -1.24. The molecule has 0 aromatic heterocycles. The van der Waals surface area contributed by atoms with Crippen LogP contribution in [0.1, 0.15) is 18.1 Å². The highest BCUT2D eigenvalue weighted by atomic mass is 35.5. The molecule has 3 aromatic rings. The van der Waals surface area contributed by atoms with Gasteiger partial charge in [0.2, 0.25) is 10.8 Å². The second-order valence-corrected chi connectivity index (χ2v) is 9.49. The number of nitrogens with zero attached hydrogens (tertiary/aromatic N) is 2. The quantitative estimate of drug-likeness (QED) is 0.538. The van der Waals surface area contributed by atoms with Crippen LogP contribution in [0, 0.1) is 5.82 Å². The zero-order chi connectivity index (χ0) is 21.8. The minimum Gasteiger partial charge on any atom is -0.304 e. The molecule has 0 radical (unpaired) electrons. The Hall–Kier alpha value is -2.83. The normalized spacial score (nSPS) is 22.5. The molecule has 0 bridgehead atoms. The van der Waals surface area contributed by atoms with Crippen molar-refractivity contribution in [1.29, 1.82) is 0 Å². The van der Waals surface area contributed by atoms with Gasteiger partial charge in [-0.1, -0.05) is 48.0 Å². The molecule has 2 heterocycles. The third-order valence-corrected chi connectivity index (χ3v) is 7.54. The second-order valence-electron chi connectivity index (χ2n) is 7.55. The number of anilines is 2. The molecule has 1 fully saturated rings. The maximum atomic E-state index is 14.0. The van der Waals surface area contributed by atoms with Crippen molar-refractivity contribution in [3.05, 3.63) is 94.8 Å². The Morgan fingerprint density at radius 3 is 2.42 bits per heavy atom. The molecule has 0 aliphatic carbocycles. The summed E-state index contributed by atoms with van der Waals surface area (Å²) in [6, 6.07) is 20.6. The van der Waals surface area contributed by atoms with Crippen LogP contribution < -0.4 is 9.80 Å². The van der Waals surface area contributed by atoms with Gasteiger partial charge in [0.05, 0.1) is 17.5 Å². The van der Waals surface area contributed by atoms with Gasteiger partial charge in [-0.3, -0.25) is 14.5 Å². The Balaban J connectivity index is 1.67. The number of para-hydroxylation sites is 1. The van der Waals surface area contributed by atoms with Crippen molar-refractivity contribution in [1.82, 2.24) is 0 Å². The summed E-state index contributed by atoms with van der Waals surface area (Å²) in [5.74, 6) is -0.788. The Labute approximate surface area is 188 Å². The number of halogens is 2. The van der Waals surface area contributed by atoms with Gasteiger partial charge in [0.1, 0.15) is 5.82 Å².